The van der Waals surface area contributed by atoms with Crippen LogP contribution in [0.2, 0.25) is 0 Å². The standard InChI is InChI=1S/C19H34N6O2/c1-14(2)13-25-16(4)17(15(3)22-25)21-19(27)18(26)20-7-6-8-24-11-9-23(5)10-12-24/h14H,6-13H2,1-5H3,(H,20,26)(H,21,27). The molecule has 2 heterocycles. The molecule has 0 unspecified atom stereocenters. The molecule has 1 aliphatic heterocycles. The van der Waals surface area contributed by atoms with Crippen LogP contribution < -0.4 is 10.6 Å². The summed E-state index contributed by atoms with van der Waals surface area (Å²) in [4.78, 5) is 29.0. The van der Waals surface area contributed by atoms with Crippen molar-refractivity contribution in [2.75, 3.05) is 51.6 Å². The summed E-state index contributed by atoms with van der Waals surface area (Å²) in [6.07, 6.45) is 0.840. The third-order valence-corrected chi connectivity index (χ3v) is 4.90. The number of amides is 2. The van der Waals surface area contributed by atoms with Crippen molar-refractivity contribution in [3.8, 4) is 0 Å². The van der Waals surface area contributed by atoms with E-state index < -0.39 is 11.8 Å². The van der Waals surface area contributed by atoms with Crippen molar-refractivity contribution in [2.24, 2.45) is 5.92 Å². The highest BCUT2D eigenvalue weighted by atomic mass is 16.2. The van der Waals surface area contributed by atoms with Gasteiger partial charge < -0.3 is 20.4 Å². The van der Waals surface area contributed by atoms with Crippen molar-refractivity contribution < 1.29 is 9.59 Å². The van der Waals surface area contributed by atoms with Crippen molar-refractivity contribution >= 4 is 17.5 Å². The van der Waals surface area contributed by atoms with Gasteiger partial charge in [0, 0.05) is 39.3 Å². The molecule has 0 saturated carbocycles. The Bertz CT molecular complexity index is 647. The summed E-state index contributed by atoms with van der Waals surface area (Å²) >= 11 is 0. The molecule has 8 heteroatoms. The summed E-state index contributed by atoms with van der Waals surface area (Å²) in [6, 6.07) is 0. The second-order valence-corrected chi connectivity index (χ2v) is 7.83. The van der Waals surface area contributed by atoms with Crippen LogP contribution in [0.1, 0.15) is 31.7 Å². The highest BCUT2D eigenvalue weighted by Gasteiger charge is 2.19. The van der Waals surface area contributed by atoms with E-state index in [1.807, 2.05) is 18.5 Å². The molecule has 0 aromatic carbocycles. The second kappa shape index (κ2) is 9.85. The van der Waals surface area contributed by atoms with Crippen molar-refractivity contribution in [3.05, 3.63) is 11.4 Å². The summed E-state index contributed by atoms with van der Waals surface area (Å²) in [5.74, 6) is -0.774. The summed E-state index contributed by atoms with van der Waals surface area (Å²) < 4.78 is 1.88. The average Bonchev–Trinajstić information content (AvgIpc) is 2.86. The molecule has 0 bridgehead atoms. The molecular formula is C19H34N6O2. The van der Waals surface area contributed by atoms with E-state index in [2.05, 4.69) is 46.4 Å². The summed E-state index contributed by atoms with van der Waals surface area (Å²) in [5.41, 5.74) is 2.23. The number of carbonyl (C=O) groups excluding carboxylic acids is 2. The number of likely N-dealkylation sites (N-methyl/N-ethyl adjacent to an activating group) is 1. The predicted molar refractivity (Wildman–Crippen MR) is 107 cm³/mol. The number of aryl methyl sites for hydroxylation is 1. The van der Waals surface area contributed by atoms with E-state index in [1.165, 1.54) is 0 Å². The number of aromatic nitrogens is 2. The Labute approximate surface area is 162 Å². The molecular weight excluding hydrogens is 344 g/mol. The first-order valence-electron chi connectivity index (χ1n) is 9.82. The number of nitrogens with zero attached hydrogens (tertiary/aromatic N) is 4. The zero-order valence-corrected chi connectivity index (χ0v) is 17.3. The summed E-state index contributed by atoms with van der Waals surface area (Å²) in [6.45, 7) is 14.5. The normalized spacial score (nSPS) is 15.9. The summed E-state index contributed by atoms with van der Waals surface area (Å²) in [7, 11) is 2.13. The molecule has 0 aliphatic carbocycles. The molecule has 1 aliphatic rings. The lowest BCUT2D eigenvalue weighted by Gasteiger charge is -2.32. The zero-order valence-electron chi connectivity index (χ0n) is 17.3. The molecule has 27 heavy (non-hydrogen) atoms. The maximum Gasteiger partial charge on any atom is 0.313 e. The Balaban J connectivity index is 1.75. The van der Waals surface area contributed by atoms with Gasteiger partial charge in [0.1, 0.15) is 0 Å². The van der Waals surface area contributed by atoms with Gasteiger partial charge in [0.25, 0.3) is 0 Å². The largest absolute Gasteiger partial charge is 0.348 e. The van der Waals surface area contributed by atoms with Gasteiger partial charge in [-0.25, -0.2) is 0 Å². The Morgan fingerprint density at radius 2 is 1.78 bits per heavy atom. The van der Waals surface area contributed by atoms with Crippen LogP contribution in [-0.2, 0) is 16.1 Å². The van der Waals surface area contributed by atoms with Gasteiger partial charge in [-0.1, -0.05) is 13.8 Å². The second-order valence-electron chi connectivity index (χ2n) is 7.83. The van der Waals surface area contributed by atoms with Crippen molar-refractivity contribution in [1.82, 2.24) is 24.9 Å². The Kier molecular flexibility index (Phi) is 7.79. The SMILES string of the molecule is Cc1nn(CC(C)C)c(C)c1NC(=O)C(=O)NCCCN1CCN(C)CC1. The van der Waals surface area contributed by atoms with Gasteiger partial charge in [-0.05, 0) is 39.8 Å². The number of anilines is 1. The highest BCUT2D eigenvalue weighted by Crippen LogP contribution is 2.20. The highest BCUT2D eigenvalue weighted by molar-refractivity contribution is 6.39. The maximum atomic E-state index is 12.2. The molecule has 152 valence electrons. The van der Waals surface area contributed by atoms with Crippen LogP contribution in [0, 0.1) is 19.8 Å². The van der Waals surface area contributed by atoms with Crippen LogP contribution in [0.15, 0.2) is 0 Å². The van der Waals surface area contributed by atoms with Gasteiger partial charge in [0.15, 0.2) is 0 Å². The van der Waals surface area contributed by atoms with E-state index in [-0.39, 0.29) is 0 Å². The molecule has 1 aromatic rings. The van der Waals surface area contributed by atoms with E-state index in [0.29, 0.717) is 18.2 Å². The fourth-order valence-corrected chi connectivity index (χ4v) is 3.23. The molecule has 2 amide bonds. The van der Waals surface area contributed by atoms with Crippen LogP contribution in [0.3, 0.4) is 0 Å². The van der Waals surface area contributed by atoms with Gasteiger partial charge >= 0.3 is 11.8 Å². The van der Waals surface area contributed by atoms with E-state index >= 15 is 0 Å². The van der Waals surface area contributed by atoms with Gasteiger partial charge in [0.05, 0.1) is 17.1 Å². The number of hydrogen-bond donors (Lipinski definition) is 2. The quantitative estimate of drug-likeness (QED) is 0.543. The van der Waals surface area contributed by atoms with Crippen LogP contribution in [0.4, 0.5) is 5.69 Å². The van der Waals surface area contributed by atoms with E-state index in [4.69, 9.17) is 0 Å². The monoisotopic (exact) mass is 378 g/mol. The lowest BCUT2D eigenvalue weighted by molar-refractivity contribution is -0.136. The minimum absolute atomic E-state index is 0.454. The molecule has 0 radical (unpaired) electrons. The number of carbonyl (C=O) groups is 2. The van der Waals surface area contributed by atoms with E-state index in [9.17, 15) is 9.59 Å². The van der Waals surface area contributed by atoms with E-state index in [0.717, 1.165) is 57.1 Å². The molecule has 8 nitrogen and oxygen atoms in total. The van der Waals surface area contributed by atoms with Gasteiger partial charge in [-0.2, -0.15) is 5.10 Å². The van der Waals surface area contributed by atoms with Crippen LogP contribution in [0.25, 0.3) is 0 Å². The smallest absolute Gasteiger partial charge is 0.313 e. The first kappa shape index (κ1) is 21.4. The van der Waals surface area contributed by atoms with Crippen molar-refractivity contribution in [1.29, 1.82) is 0 Å². The van der Waals surface area contributed by atoms with Gasteiger partial charge in [-0.3, -0.25) is 14.3 Å². The van der Waals surface area contributed by atoms with E-state index in [1.54, 1.807) is 0 Å². The number of hydrogen-bond acceptors (Lipinski definition) is 5. The van der Waals surface area contributed by atoms with Gasteiger partial charge in [0.2, 0.25) is 0 Å². The first-order valence-corrected chi connectivity index (χ1v) is 9.82. The number of piperazine rings is 1. The lowest BCUT2D eigenvalue weighted by Crippen LogP contribution is -2.45. The maximum absolute atomic E-state index is 12.2. The predicted octanol–water partition coefficient (Wildman–Crippen LogP) is 0.848. The average molecular weight is 379 g/mol. The Morgan fingerprint density at radius 1 is 1.11 bits per heavy atom. The molecule has 0 atom stereocenters. The molecule has 1 aromatic heterocycles. The van der Waals surface area contributed by atoms with Gasteiger partial charge in [-0.15, -0.1) is 0 Å². The van der Waals surface area contributed by atoms with Crippen LogP contribution >= 0.6 is 0 Å². The van der Waals surface area contributed by atoms with Crippen LogP contribution in [0.5, 0.6) is 0 Å². The topological polar surface area (TPSA) is 82.5 Å². The van der Waals surface area contributed by atoms with Crippen molar-refractivity contribution in [3.63, 3.8) is 0 Å². The third kappa shape index (κ3) is 6.32. The molecule has 1 fully saturated rings. The molecule has 0 spiro atoms. The Hall–Kier alpha value is -1.93. The fraction of sp³-hybridized carbons (Fsp3) is 0.737. The lowest BCUT2D eigenvalue weighted by atomic mass is 10.2. The summed E-state index contributed by atoms with van der Waals surface area (Å²) in [5, 5.41) is 9.89. The van der Waals surface area contributed by atoms with Crippen LogP contribution in [-0.4, -0.2) is 77.7 Å². The molecule has 2 N–H and O–H groups in total. The molecule has 1 saturated heterocycles. The number of rotatable bonds is 7. The zero-order chi connectivity index (χ0) is 20.0. The van der Waals surface area contributed by atoms with Crippen molar-refractivity contribution in [2.45, 2.75) is 40.7 Å². The Morgan fingerprint density at radius 3 is 2.41 bits per heavy atom. The minimum Gasteiger partial charge on any atom is -0.348 e. The molecule has 2 rings (SSSR count). The first-order chi connectivity index (χ1) is 12.8. The fourth-order valence-electron chi connectivity index (χ4n) is 3.23. The third-order valence-electron chi connectivity index (χ3n) is 4.90. The number of nitrogens with one attached hydrogen (secondary N) is 2. The minimum atomic E-state index is -0.634.